The zero-order chi connectivity index (χ0) is 13.9. The Morgan fingerprint density at radius 3 is 2.70 bits per heavy atom. The number of aromatic nitrogens is 3. The van der Waals surface area contributed by atoms with Crippen molar-refractivity contribution in [3.63, 3.8) is 0 Å². The minimum absolute atomic E-state index is 0.0730. The van der Waals surface area contributed by atoms with Crippen LogP contribution in [0.15, 0.2) is 48.5 Å². The zero-order valence-corrected chi connectivity index (χ0v) is 11.0. The van der Waals surface area contributed by atoms with Gasteiger partial charge in [0.25, 0.3) is 0 Å². The number of nitrogens with zero attached hydrogens (tertiary/aromatic N) is 3. The molecule has 0 aliphatic rings. The highest BCUT2D eigenvalue weighted by molar-refractivity contribution is 5.97. The third-order valence-corrected chi connectivity index (χ3v) is 3.01. The molecule has 2 aromatic carbocycles. The van der Waals surface area contributed by atoms with Crippen molar-refractivity contribution >= 4 is 16.8 Å². The van der Waals surface area contributed by atoms with E-state index in [0.29, 0.717) is 5.56 Å². The molecule has 0 aliphatic carbocycles. The maximum atomic E-state index is 12.0. The Bertz CT molecular complexity index is 747. The average molecular weight is 267 g/mol. The number of hydrogen-bond donors (Lipinski definition) is 0. The van der Waals surface area contributed by atoms with Gasteiger partial charge in [-0.2, -0.15) is 0 Å². The van der Waals surface area contributed by atoms with Crippen LogP contribution in [-0.4, -0.2) is 27.5 Å². The number of ketones is 1. The van der Waals surface area contributed by atoms with E-state index < -0.39 is 0 Å². The Morgan fingerprint density at radius 1 is 1.15 bits per heavy atom. The highest BCUT2D eigenvalue weighted by atomic mass is 16.7. The van der Waals surface area contributed by atoms with Crippen molar-refractivity contribution < 1.29 is 9.63 Å². The molecule has 0 saturated heterocycles. The third kappa shape index (κ3) is 2.38. The van der Waals surface area contributed by atoms with E-state index >= 15 is 0 Å². The van der Waals surface area contributed by atoms with Crippen LogP contribution in [0.5, 0.6) is 0 Å². The van der Waals surface area contributed by atoms with Crippen molar-refractivity contribution in [1.82, 2.24) is 15.2 Å². The van der Waals surface area contributed by atoms with Crippen LogP contribution in [0.3, 0.4) is 0 Å². The molecule has 0 bridgehead atoms. The van der Waals surface area contributed by atoms with E-state index in [1.165, 1.54) is 4.85 Å². The topological polar surface area (TPSA) is 57.0 Å². The van der Waals surface area contributed by atoms with Gasteiger partial charge in [-0.15, -0.1) is 5.10 Å². The fraction of sp³-hybridized carbons (Fsp3) is 0.133. The lowest BCUT2D eigenvalue weighted by Crippen LogP contribution is -2.21. The van der Waals surface area contributed by atoms with E-state index in [2.05, 4.69) is 10.3 Å². The summed E-state index contributed by atoms with van der Waals surface area (Å²) < 4.78 is 0. The highest BCUT2D eigenvalue weighted by Gasteiger charge is 2.09. The van der Waals surface area contributed by atoms with Crippen LogP contribution < -0.4 is 4.84 Å². The molecule has 1 aromatic heterocycles. The Balaban J connectivity index is 1.73. The standard InChI is InChI=1S/C15H13N3O2/c1-11-6-8-12(9-7-11)15(19)10-20-18-14-5-3-2-4-13(14)16-17-18/h2-9H,10H2,1H3. The van der Waals surface area contributed by atoms with Gasteiger partial charge in [0.05, 0.1) is 0 Å². The zero-order valence-electron chi connectivity index (χ0n) is 11.0. The molecule has 0 unspecified atom stereocenters. The van der Waals surface area contributed by atoms with E-state index in [-0.39, 0.29) is 12.4 Å². The van der Waals surface area contributed by atoms with Crippen molar-refractivity contribution in [3.8, 4) is 0 Å². The van der Waals surface area contributed by atoms with E-state index in [1.807, 2.05) is 43.3 Å². The second kappa shape index (κ2) is 5.13. The fourth-order valence-corrected chi connectivity index (χ4v) is 1.89. The Morgan fingerprint density at radius 2 is 1.90 bits per heavy atom. The first kappa shape index (κ1) is 12.3. The van der Waals surface area contributed by atoms with Gasteiger partial charge < -0.3 is 4.84 Å². The Kier molecular flexibility index (Phi) is 3.16. The summed E-state index contributed by atoms with van der Waals surface area (Å²) in [4.78, 5) is 18.7. The number of para-hydroxylation sites is 1. The predicted molar refractivity (Wildman–Crippen MR) is 74.5 cm³/mol. The van der Waals surface area contributed by atoms with Crippen molar-refractivity contribution in [3.05, 3.63) is 59.7 Å². The molecule has 3 aromatic rings. The molecule has 0 amide bonds. The van der Waals surface area contributed by atoms with Gasteiger partial charge in [0.15, 0.2) is 6.61 Å². The molecule has 20 heavy (non-hydrogen) atoms. The Labute approximate surface area is 115 Å². The number of Topliss-reactive ketones (excluding diaryl/α,β-unsaturated/α-hetero) is 1. The quantitative estimate of drug-likeness (QED) is 0.679. The van der Waals surface area contributed by atoms with Gasteiger partial charge in [-0.1, -0.05) is 46.8 Å². The monoisotopic (exact) mass is 267 g/mol. The lowest BCUT2D eigenvalue weighted by Gasteiger charge is -2.05. The summed E-state index contributed by atoms with van der Waals surface area (Å²) in [6.45, 7) is 1.91. The Hall–Kier alpha value is -2.69. The number of carbonyl (C=O) groups is 1. The summed E-state index contributed by atoms with van der Waals surface area (Å²) in [5.41, 5.74) is 3.21. The second-order valence-corrected chi connectivity index (χ2v) is 4.51. The molecule has 0 atom stereocenters. The van der Waals surface area contributed by atoms with Gasteiger partial charge in [0.1, 0.15) is 11.0 Å². The van der Waals surface area contributed by atoms with Crippen LogP contribution >= 0.6 is 0 Å². The minimum Gasteiger partial charge on any atom is -0.387 e. The summed E-state index contributed by atoms with van der Waals surface area (Å²) in [5.74, 6) is -0.0930. The van der Waals surface area contributed by atoms with Gasteiger partial charge in [0, 0.05) is 5.56 Å². The van der Waals surface area contributed by atoms with E-state index in [4.69, 9.17) is 4.84 Å². The van der Waals surface area contributed by atoms with Crippen LogP contribution in [0.1, 0.15) is 15.9 Å². The summed E-state index contributed by atoms with van der Waals surface area (Å²) in [5, 5.41) is 7.82. The molecule has 0 saturated carbocycles. The van der Waals surface area contributed by atoms with Gasteiger partial charge in [-0.05, 0) is 24.3 Å². The fourth-order valence-electron chi connectivity index (χ4n) is 1.89. The third-order valence-electron chi connectivity index (χ3n) is 3.01. The van der Waals surface area contributed by atoms with Gasteiger partial charge in [-0.3, -0.25) is 4.79 Å². The van der Waals surface area contributed by atoms with Gasteiger partial charge >= 0.3 is 0 Å². The highest BCUT2D eigenvalue weighted by Crippen LogP contribution is 2.08. The summed E-state index contributed by atoms with van der Waals surface area (Å²) in [7, 11) is 0. The lowest BCUT2D eigenvalue weighted by atomic mass is 10.1. The predicted octanol–water partition coefficient (Wildman–Crippen LogP) is 2.05. The van der Waals surface area contributed by atoms with Crippen LogP contribution in [0, 0.1) is 6.92 Å². The number of carbonyl (C=O) groups excluding carboxylic acids is 1. The van der Waals surface area contributed by atoms with Crippen LogP contribution in [0.2, 0.25) is 0 Å². The van der Waals surface area contributed by atoms with Crippen LogP contribution in [0.4, 0.5) is 0 Å². The number of rotatable bonds is 4. The summed E-state index contributed by atoms with van der Waals surface area (Å²) >= 11 is 0. The summed E-state index contributed by atoms with van der Waals surface area (Å²) in [6, 6.07) is 14.8. The SMILES string of the molecule is Cc1ccc(C(=O)COn2nnc3ccccc32)cc1. The first-order valence-electron chi connectivity index (χ1n) is 6.27. The smallest absolute Gasteiger partial charge is 0.203 e. The molecular weight excluding hydrogens is 254 g/mol. The van der Waals surface area contributed by atoms with Crippen molar-refractivity contribution in [2.24, 2.45) is 0 Å². The molecule has 3 rings (SSSR count). The largest absolute Gasteiger partial charge is 0.387 e. The summed E-state index contributed by atoms with van der Waals surface area (Å²) in [6.07, 6.45) is 0. The number of fused-ring (bicyclic) bond motifs is 1. The molecular formula is C15H13N3O2. The number of benzene rings is 2. The molecule has 5 nitrogen and oxygen atoms in total. The molecule has 0 N–H and O–H groups in total. The average Bonchev–Trinajstić information content (AvgIpc) is 2.89. The molecule has 0 spiro atoms. The molecule has 5 heteroatoms. The molecule has 0 fully saturated rings. The number of hydrogen-bond acceptors (Lipinski definition) is 4. The van der Waals surface area contributed by atoms with Crippen molar-refractivity contribution in [2.75, 3.05) is 6.61 Å². The molecule has 0 radical (unpaired) electrons. The molecule has 1 heterocycles. The first-order valence-corrected chi connectivity index (χ1v) is 6.27. The van der Waals surface area contributed by atoms with E-state index in [0.717, 1.165) is 16.6 Å². The number of aryl methyl sites for hydroxylation is 1. The maximum absolute atomic E-state index is 12.0. The molecule has 100 valence electrons. The van der Waals surface area contributed by atoms with Gasteiger partial charge in [0.2, 0.25) is 5.78 Å². The maximum Gasteiger partial charge on any atom is 0.203 e. The van der Waals surface area contributed by atoms with Crippen LogP contribution in [0.25, 0.3) is 11.0 Å². The van der Waals surface area contributed by atoms with Crippen LogP contribution in [-0.2, 0) is 0 Å². The van der Waals surface area contributed by atoms with E-state index in [1.54, 1.807) is 12.1 Å². The van der Waals surface area contributed by atoms with E-state index in [9.17, 15) is 4.79 Å². The lowest BCUT2D eigenvalue weighted by molar-refractivity contribution is 0.0630. The second-order valence-electron chi connectivity index (χ2n) is 4.51. The van der Waals surface area contributed by atoms with Crippen molar-refractivity contribution in [2.45, 2.75) is 6.92 Å². The van der Waals surface area contributed by atoms with Crippen molar-refractivity contribution in [1.29, 1.82) is 0 Å². The minimum atomic E-state index is -0.0930. The normalized spacial score (nSPS) is 10.7. The molecule has 0 aliphatic heterocycles. The van der Waals surface area contributed by atoms with Gasteiger partial charge in [-0.25, -0.2) is 0 Å². The first-order chi connectivity index (χ1) is 9.74.